The fraction of sp³-hybridized carbons (Fsp3) is 0.200. The second-order valence-corrected chi connectivity index (χ2v) is 5.91. The molecule has 1 nitrogen and oxygen atoms in total. The molecule has 0 fully saturated rings. The minimum absolute atomic E-state index is 0.851. The molecule has 0 saturated carbocycles. The van der Waals surface area contributed by atoms with E-state index >= 15 is 0 Å². The Hall–Kier alpha value is -0.0600. The highest BCUT2D eigenvalue weighted by Gasteiger charge is 2.06. The van der Waals surface area contributed by atoms with Crippen LogP contribution in [0.5, 0.6) is 5.75 Å². The summed E-state index contributed by atoms with van der Waals surface area (Å²) in [6.07, 6.45) is 0. The standard InChI is InChI=1S/C10H8Br2OS/c1-13-7-2-6(5-11)8-4-10(12)14-9(8)3-7/h2-4H,5H2,1H3. The van der Waals surface area contributed by atoms with E-state index in [2.05, 4.69) is 50.1 Å². The molecule has 0 aliphatic rings. The number of benzene rings is 1. The molecule has 1 heterocycles. The highest BCUT2D eigenvalue weighted by atomic mass is 79.9. The first-order valence-electron chi connectivity index (χ1n) is 4.06. The van der Waals surface area contributed by atoms with Crippen LogP contribution in [0.2, 0.25) is 0 Å². The average Bonchev–Trinajstić information content (AvgIpc) is 2.56. The van der Waals surface area contributed by atoms with Crippen molar-refractivity contribution in [3.8, 4) is 5.75 Å². The minimum atomic E-state index is 0.851. The lowest BCUT2D eigenvalue weighted by atomic mass is 10.1. The summed E-state index contributed by atoms with van der Waals surface area (Å²) < 4.78 is 7.66. The lowest BCUT2D eigenvalue weighted by Gasteiger charge is -2.03. The van der Waals surface area contributed by atoms with Crippen LogP contribution in [0.25, 0.3) is 10.1 Å². The molecular weight excluding hydrogens is 328 g/mol. The normalized spacial score (nSPS) is 10.8. The molecule has 0 bridgehead atoms. The van der Waals surface area contributed by atoms with Gasteiger partial charge in [0.25, 0.3) is 0 Å². The van der Waals surface area contributed by atoms with E-state index < -0.39 is 0 Å². The molecule has 0 aliphatic heterocycles. The molecule has 1 aromatic carbocycles. The van der Waals surface area contributed by atoms with E-state index in [0.717, 1.165) is 14.9 Å². The molecule has 0 spiro atoms. The van der Waals surface area contributed by atoms with E-state index in [1.54, 1.807) is 18.4 Å². The maximum atomic E-state index is 5.24. The zero-order valence-electron chi connectivity index (χ0n) is 7.51. The van der Waals surface area contributed by atoms with E-state index in [0.29, 0.717) is 0 Å². The van der Waals surface area contributed by atoms with Crippen LogP contribution in [-0.4, -0.2) is 7.11 Å². The Labute approximate surface area is 103 Å². The van der Waals surface area contributed by atoms with Gasteiger partial charge in [0.05, 0.1) is 10.9 Å². The molecule has 0 radical (unpaired) electrons. The van der Waals surface area contributed by atoms with Crippen molar-refractivity contribution >= 4 is 53.3 Å². The van der Waals surface area contributed by atoms with Crippen molar-refractivity contribution in [3.05, 3.63) is 27.5 Å². The molecule has 0 unspecified atom stereocenters. The van der Waals surface area contributed by atoms with E-state index in [-0.39, 0.29) is 0 Å². The van der Waals surface area contributed by atoms with Gasteiger partial charge >= 0.3 is 0 Å². The maximum absolute atomic E-state index is 5.24. The third-order valence-corrected chi connectivity index (χ3v) is 4.24. The van der Waals surface area contributed by atoms with Crippen LogP contribution in [0.4, 0.5) is 0 Å². The predicted octanol–water partition coefficient (Wildman–Crippen LogP) is 4.57. The second kappa shape index (κ2) is 4.21. The van der Waals surface area contributed by atoms with Gasteiger partial charge in [-0.25, -0.2) is 0 Å². The number of rotatable bonds is 2. The Morgan fingerprint density at radius 1 is 1.36 bits per heavy atom. The zero-order chi connectivity index (χ0) is 10.1. The quantitative estimate of drug-likeness (QED) is 0.730. The van der Waals surface area contributed by atoms with Gasteiger partial charge in [-0.2, -0.15) is 0 Å². The number of methoxy groups -OCH3 is 1. The first-order valence-corrected chi connectivity index (χ1v) is 6.79. The van der Waals surface area contributed by atoms with Crippen molar-refractivity contribution in [2.75, 3.05) is 7.11 Å². The molecule has 14 heavy (non-hydrogen) atoms. The summed E-state index contributed by atoms with van der Waals surface area (Å²) >= 11 is 8.71. The van der Waals surface area contributed by atoms with Crippen LogP contribution in [-0.2, 0) is 5.33 Å². The molecule has 4 heteroatoms. The van der Waals surface area contributed by atoms with Gasteiger partial charge in [0.15, 0.2) is 0 Å². The number of ether oxygens (including phenoxy) is 1. The summed E-state index contributed by atoms with van der Waals surface area (Å²) in [7, 11) is 1.70. The highest BCUT2D eigenvalue weighted by Crippen LogP contribution is 2.35. The van der Waals surface area contributed by atoms with Gasteiger partial charge in [-0.15, -0.1) is 11.3 Å². The monoisotopic (exact) mass is 334 g/mol. The summed E-state index contributed by atoms with van der Waals surface area (Å²) in [6, 6.07) is 6.28. The van der Waals surface area contributed by atoms with Crippen molar-refractivity contribution in [1.29, 1.82) is 0 Å². The summed E-state index contributed by atoms with van der Waals surface area (Å²) in [4.78, 5) is 0. The van der Waals surface area contributed by atoms with E-state index in [1.165, 1.54) is 15.6 Å². The largest absolute Gasteiger partial charge is 0.497 e. The summed E-state index contributed by atoms with van der Waals surface area (Å²) in [6.45, 7) is 0. The van der Waals surface area contributed by atoms with Crippen LogP contribution >= 0.6 is 43.2 Å². The maximum Gasteiger partial charge on any atom is 0.120 e. The van der Waals surface area contributed by atoms with Gasteiger partial charge in [-0.05, 0) is 45.1 Å². The van der Waals surface area contributed by atoms with E-state index in [1.807, 2.05) is 0 Å². The third-order valence-electron chi connectivity index (χ3n) is 2.05. The Bertz CT molecular complexity index is 464. The average molecular weight is 336 g/mol. The van der Waals surface area contributed by atoms with E-state index in [9.17, 15) is 0 Å². The van der Waals surface area contributed by atoms with Gasteiger partial charge < -0.3 is 4.74 Å². The van der Waals surface area contributed by atoms with Gasteiger partial charge in [-0.1, -0.05) is 15.9 Å². The van der Waals surface area contributed by atoms with Gasteiger partial charge in [0.1, 0.15) is 5.75 Å². The minimum Gasteiger partial charge on any atom is -0.497 e. The Balaban J connectivity index is 2.72. The zero-order valence-corrected chi connectivity index (χ0v) is 11.5. The molecule has 0 atom stereocenters. The van der Waals surface area contributed by atoms with Crippen molar-refractivity contribution in [2.24, 2.45) is 0 Å². The first kappa shape index (κ1) is 10.5. The van der Waals surface area contributed by atoms with Crippen molar-refractivity contribution in [2.45, 2.75) is 5.33 Å². The number of thiophene rings is 1. The van der Waals surface area contributed by atoms with Crippen LogP contribution in [0.3, 0.4) is 0 Å². The second-order valence-electron chi connectivity index (χ2n) is 2.88. The lowest BCUT2D eigenvalue weighted by molar-refractivity contribution is 0.415. The van der Waals surface area contributed by atoms with Crippen LogP contribution in [0.1, 0.15) is 5.56 Å². The van der Waals surface area contributed by atoms with Gasteiger partial charge in [0, 0.05) is 10.0 Å². The molecule has 0 amide bonds. The number of hydrogen-bond donors (Lipinski definition) is 0. The molecular formula is C10H8Br2OS. The number of alkyl halides is 1. The fourth-order valence-corrected chi connectivity index (χ4v) is 3.46. The highest BCUT2D eigenvalue weighted by molar-refractivity contribution is 9.11. The number of fused-ring (bicyclic) bond motifs is 1. The molecule has 0 aliphatic carbocycles. The molecule has 74 valence electrons. The van der Waals surface area contributed by atoms with Crippen molar-refractivity contribution in [1.82, 2.24) is 0 Å². The molecule has 2 aromatic rings. The Kier molecular flexibility index (Phi) is 3.14. The van der Waals surface area contributed by atoms with E-state index in [4.69, 9.17) is 4.74 Å². The number of hydrogen-bond acceptors (Lipinski definition) is 2. The molecule has 0 N–H and O–H groups in total. The SMILES string of the molecule is COc1cc(CBr)c2cc(Br)sc2c1. The molecule has 2 rings (SSSR count). The number of halogens is 2. The fourth-order valence-electron chi connectivity index (χ4n) is 1.38. The predicted molar refractivity (Wildman–Crippen MR) is 68.7 cm³/mol. The van der Waals surface area contributed by atoms with Crippen LogP contribution in [0, 0.1) is 0 Å². The topological polar surface area (TPSA) is 9.23 Å². The third kappa shape index (κ3) is 1.83. The van der Waals surface area contributed by atoms with Gasteiger partial charge in [0.2, 0.25) is 0 Å². The Morgan fingerprint density at radius 2 is 2.14 bits per heavy atom. The first-order chi connectivity index (χ1) is 6.74. The van der Waals surface area contributed by atoms with Crippen molar-refractivity contribution in [3.63, 3.8) is 0 Å². The lowest BCUT2D eigenvalue weighted by Crippen LogP contribution is -1.85. The summed E-state index contributed by atoms with van der Waals surface area (Å²) in [5.74, 6) is 0.918. The summed E-state index contributed by atoms with van der Waals surface area (Å²) in [5, 5.41) is 2.14. The smallest absolute Gasteiger partial charge is 0.120 e. The van der Waals surface area contributed by atoms with Crippen molar-refractivity contribution < 1.29 is 4.74 Å². The summed E-state index contributed by atoms with van der Waals surface area (Å²) in [5.41, 5.74) is 1.27. The molecule has 0 saturated heterocycles. The Morgan fingerprint density at radius 3 is 2.79 bits per heavy atom. The van der Waals surface area contributed by atoms with Gasteiger partial charge in [-0.3, -0.25) is 0 Å². The van der Waals surface area contributed by atoms with Crippen LogP contribution < -0.4 is 4.74 Å². The molecule has 1 aromatic heterocycles. The van der Waals surface area contributed by atoms with Crippen LogP contribution in [0.15, 0.2) is 22.0 Å².